The van der Waals surface area contributed by atoms with Crippen molar-refractivity contribution in [1.82, 2.24) is 4.57 Å². The van der Waals surface area contributed by atoms with Crippen LogP contribution in [0.2, 0.25) is 6.04 Å². The molecule has 1 aliphatic rings. The highest BCUT2D eigenvalue weighted by Gasteiger charge is 2.53. The van der Waals surface area contributed by atoms with Crippen LogP contribution in [-0.2, 0) is 4.43 Å². The molecule has 0 N–H and O–H groups in total. The molecule has 114 valence electrons. The number of likely N-dealkylation sites (N-methyl/N-ethyl adjacent to an activating group) is 1. The lowest BCUT2D eigenvalue weighted by Crippen LogP contribution is -2.59. The molecular formula is C19H23NOSi. The first-order chi connectivity index (χ1) is 10.7. The molecule has 2 aromatic carbocycles. The monoisotopic (exact) mass is 309 g/mol. The van der Waals surface area contributed by atoms with E-state index in [1.165, 1.54) is 10.8 Å². The van der Waals surface area contributed by atoms with Crippen molar-refractivity contribution in [3.8, 4) is 0 Å². The van der Waals surface area contributed by atoms with Crippen LogP contribution < -0.4 is 5.19 Å². The molecular weight excluding hydrogens is 286 g/mol. The lowest BCUT2D eigenvalue weighted by molar-refractivity contribution is 0.206. The van der Waals surface area contributed by atoms with Gasteiger partial charge in [-0.2, -0.15) is 0 Å². The maximum absolute atomic E-state index is 6.78. The molecule has 1 saturated heterocycles. The Labute approximate surface area is 134 Å². The Bertz CT molecular complexity index is 630. The molecule has 0 amide bonds. The van der Waals surface area contributed by atoms with Crippen LogP contribution in [0.4, 0.5) is 0 Å². The van der Waals surface area contributed by atoms with Crippen LogP contribution in [0, 0.1) is 0 Å². The van der Waals surface area contributed by atoms with Gasteiger partial charge in [0.05, 0.1) is 6.10 Å². The molecule has 3 rings (SSSR count). The van der Waals surface area contributed by atoms with E-state index in [0.717, 1.165) is 6.04 Å². The Morgan fingerprint density at radius 2 is 1.68 bits per heavy atom. The van der Waals surface area contributed by atoms with Crippen LogP contribution >= 0.6 is 0 Å². The number of nitrogens with zero attached hydrogens (tertiary/aromatic N) is 1. The third-order valence-electron chi connectivity index (χ3n) is 4.71. The topological polar surface area (TPSA) is 12.5 Å². The molecule has 0 saturated carbocycles. The highest BCUT2D eigenvalue weighted by Crippen LogP contribution is 2.39. The van der Waals surface area contributed by atoms with Gasteiger partial charge in [-0.1, -0.05) is 66.7 Å². The Morgan fingerprint density at radius 1 is 1.09 bits per heavy atom. The molecule has 1 fully saturated rings. The number of hydrogen-bond donors (Lipinski definition) is 0. The summed E-state index contributed by atoms with van der Waals surface area (Å²) in [5.74, 6) is 0. The van der Waals surface area contributed by atoms with E-state index in [4.69, 9.17) is 4.43 Å². The van der Waals surface area contributed by atoms with Gasteiger partial charge in [-0.25, -0.2) is 0 Å². The van der Waals surface area contributed by atoms with Gasteiger partial charge in [0, 0.05) is 12.1 Å². The van der Waals surface area contributed by atoms with E-state index in [1.807, 2.05) is 6.08 Å². The van der Waals surface area contributed by atoms with Gasteiger partial charge in [0.2, 0.25) is 0 Å². The fourth-order valence-electron chi connectivity index (χ4n) is 3.39. The van der Waals surface area contributed by atoms with E-state index in [1.54, 1.807) is 0 Å². The minimum Gasteiger partial charge on any atom is -0.390 e. The van der Waals surface area contributed by atoms with Gasteiger partial charge in [0.25, 0.3) is 0 Å². The number of allylic oxidation sites excluding steroid dienone is 1. The molecule has 0 bridgehead atoms. The average Bonchev–Trinajstić information content (AvgIpc) is 2.83. The fourth-order valence-corrected chi connectivity index (χ4v) is 7.37. The van der Waals surface area contributed by atoms with Gasteiger partial charge in [-0.3, -0.25) is 4.57 Å². The first-order valence-electron chi connectivity index (χ1n) is 7.81. The van der Waals surface area contributed by atoms with Crippen molar-refractivity contribution in [2.45, 2.75) is 25.1 Å². The molecule has 3 atom stereocenters. The first kappa shape index (κ1) is 15.2. The van der Waals surface area contributed by atoms with Gasteiger partial charge in [-0.05, 0) is 24.7 Å². The molecule has 3 heteroatoms. The summed E-state index contributed by atoms with van der Waals surface area (Å²) >= 11 is 0. The Kier molecular flexibility index (Phi) is 4.29. The van der Waals surface area contributed by atoms with E-state index in [-0.39, 0.29) is 6.10 Å². The number of rotatable bonds is 4. The molecule has 22 heavy (non-hydrogen) atoms. The Hall–Kier alpha value is -1.68. The quantitative estimate of drug-likeness (QED) is 0.632. The van der Waals surface area contributed by atoms with Crippen LogP contribution in [-0.4, -0.2) is 26.1 Å². The molecule has 2 nitrogen and oxygen atoms in total. The van der Waals surface area contributed by atoms with E-state index >= 15 is 0 Å². The zero-order valence-electron chi connectivity index (χ0n) is 13.3. The predicted molar refractivity (Wildman–Crippen MR) is 94.3 cm³/mol. The summed E-state index contributed by atoms with van der Waals surface area (Å²) in [7, 11) is -0.000803. The highest BCUT2D eigenvalue weighted by atomic mass is 28.4. The second kappa shape index (κ2) is 6.21. The third kappa shape index (κ3) is 2.45. The summed E-state index contributed by atoms with van der Waals surface area (Å²) in [5, 5.41) is 1.32. The van der Waals surface area contributed by atoms with Crippen molar-refractivity contribution in [2.75, 3.05) is 7.05 Å². The van der Waals surface area contributed by atoms with Crippen molar-refractivity contribution in [3.05, 3.63) is 78.9 Å². The summed E-state index contributed by atoms with van der Waals surface area (Å²) in [5.41, 5.74) is 1.26. The maximum atomic E-state index is 6.78. The van der Waals surface area contributed by atoms with Crippen LogP contribution in [0.3, 0.4) is 0 Å². The van der Waals surface area contributed by atoms with Crippen LogP contribution in [0.1, 0.15) is 18.6 Å². The van der Waals surface area contributed by atoms with Crippen molar-refractivity contribution in [1.29, 1.82) is 0 Å². The van der Waals surface area contributed by atoms with Crippen molar-refractivity contribution >= 4 is 13.7 Å². The molecule has 1 unspecified atom stereocenters. The van der Waals surface area contributed by atoms with Crippen molar-refractivity contribution in [2.24, 2.45) is 0 Å². The van der Waals surface area contributed by atoms with E-state index in [9.17, 15) is 0 Å². The molecule has 0 aliphatic carbocycles. The predicted octanol–water partition coefficient (Wildman–Crippen LogP) is 3.61. The SMILES string of the molecule is C=CC[Si]1(c2ccccc2)O[C@H](c2ccccc2)[C@@H](C)N1C. The molecule has 0 spiro atoms. The van der Waals surface area contributed by atoms with Gasteiger partial charge < -0.3 is 4.43 Å². The van der Waals surface area contributed by atoms with Gasteiger partial charge in [0.15, 0.2) is 0 Å². The third-order valence-corrected chi connectivity index (χ3v) is 8.98. The first-order valence-corrected chi connectivity index (χ1v) is 9.87. The summed E-state index contributed by atoms with van der Waals surface area (Å²) in [4.78, 5) is 0. The van der Waals surface area contributed by atoms with Gasteiger partial charge >= 0.3 is 8.48 Å². The van der Waals surface area contributed by atoms with E-state index in [2.05, 4.69) is 85.8 Å². The minimum absolute atomic E-state index is 0.123. The minimum atomic E-state index is -2.21. The summed E-state index contributed by atoms with van der Waals surface area (Å²) in [6.07, 6.45) is 2.13. The van der Waals surface area contributed by atoms with Crippen molar-refractivity contribution in [3.63, 3.8) is 0 Å². The second-order valence-corrected chi connectivity index (χ2v) is 9.44. The Morgan fingerprint density at radius 3 is 2.27 bits per heavy atom. The molecule has 0 radical (unpaired) electrons. The standard InChI is InChI=1S/C19H23NOSi/c1-4-15-22(18-13-9-6-10-14-18)20(3)16(2)19(21-22)17-11-7-5-8-12-17/h4-14,16,19H,1,15H2,2-3H3/t16-,19+,22?/m1/s1. The average molecular weight is 309 g/mol. The molecule has 1 heterocycles. The zero-order valence-corrected chi connectivity index (χ0v) is 14.3. The molecule has 0 aromatic heterocycles. The summed E-state index contributed by atoms with van der Waals surface area (Å²) in [6, 6.07) is 22.5. The normalized spacial score (nSPS) is 28.6. The molecule has 2 aromatic rings. The summed E-state index contributed by atoms with van der Waals surface area (Å²) < 4.78 is 9.25. The lowest BCUT2D eigenvalue weighted by atomic mass is 10.0. The lowest BCUT2D eigenvalue weighted by Gasteiger charge is -2.32. The van der Waals surface area contributed by atoms with Crippen LogP contribution in [0.15, 0.2) is 73.3 Å². The molecule has 1 aliphatic heterocycles. The van der Waals surface area contributed by atoms with Gasteiger partial charge in [-0.15, -0.1) is 6.58 Å². The van der Waals surface area contributed by atoms with Crippen LogP contribution in [0.25, 0.3) is 0 Å². The maximum Gasteiger partial charge on any atom is 0.309 e. The number of hydrogen-bond acceptors (Lipinski definition) is 2. The summed E-state index contributed by atoms with van der Waals surface area (Å²) in [6.45, 7) is 6.24. The highest BCUT2D eigenvalue weighted by molar-refractivity contribution is 6.85. The van der Waals surface area contributed by atoms with E-state index < -0.39 is 8.48 Å². The second-order valence-electron chi connectivity index (χ2n) is 5.94. The zero-order chi connectivity index (χ0) is 15.6. The fraction of sp³-hybridized carbons (Fsp3) is 0.263. The largest absolute Gasteiger partial charge is 0.390 e. The van der Waals surface area contributed by atoms with E-state index in [0.29, 0.717) is 6.04 Å². The van der Waals surface area contributed by atoms with Crippen molar-refractivity contribution < 1.29 is 4.43 Å². The van der Waals surface area contributed by atoms with Crippen LogP contribution in [0.5, 0.6) is 0 Å². The van der Waals surface area contributed by atoms with Gasteiger partial charge in [0.1, 0.15) is 0 Å². The number of benzene rings is 2. The smallest absolute Gasteiger partial charge is 0.309 e. The Balaban J connectivity index is 2.03.